The van der Waals surface area contributed by atoms with Gasteiger partial charge in [-0.05, 0) is 49.2 Å². The van der Waals surface area contributed by atoms with E-state index >= 15 is 0 Å². The fourth-order valence-electron chi connectivity index (χ4n) is 2.96. The van der Waals surface area contributed by atoms with Crippen LogP contribution in [-0.2, 0) is 14.8 Å². The summed E-state index contributed by atoms with van der Waals surface area (Å²) in [6.07, 6.45) is 0.536. The topological polar surface area (TPSA) is 66.5 Å². The molecule has 0 bridgehead atoms. The zero-order valence-electron chi connectivity index (χ0n) is 14.2. The lowest BCUT2D eigenvalue weighted by Gasteiger charge is -2.30. The molecular formula is C18H17F3N2O3S. The highest BCUT2D eigenvalue weighted by Crippen LogP contribution is 2.25. The van der Waals surface area contributed by atoms with Crippen LogP contribution in [0, 0.1) is 23.4 Å². The van der Waals surface area contributed by atoms with Gasteiger partial charge in [0.2, 0.25) is 15.9 Å². The molecule has 1 heterocycles. The molecule has 144 valence electrons. The van der Waals surface area contributed by atoms with Gasteiger partial charge in [0.1, 0.15) is 5.82 Å². The van der Waals surface area contributed by atoms with Crippen molar-refractivity contribution in [3.63, 3.8) is 0 Å². The number of carbonyl (C=O) groups is 1. The monoisotopic (exact) mass is 398 g/mol. The summed E-state index contributed by atoms with van der Waals surface area (Å²) < 4.78 is 65.8. The average molecular weight is 398 g/mol. The van der Waals surface area contributed by atoms with Gasteiger partial charge in [-0.3, -0.25) is 4.79 Å². The first kappa shape index (κ1) is 19.4. The molecule has 1 fully saturated rings. The number of hydrogen-bond acceptors (Lipinski definition) is 3. The number of sulfonamides is 1. The minimum atomic E-state index is -3.97. The van der Waals surface area contributed by atoms with Crippen LogP contribution in [0.25, 0.3) is 0 Å². The van der Waals surface area contributed by atoms with Gasteiger partial charge in [-0.2, -0.15) is 4.31 Å². The Kier molecular flexibility index (Phi) is 5.52. The molecule has 0 spiro atoms. The quantitative estimate of drug-likeness (QED) is 0.861. The van der Waals surface area contributed by atoms with Gasteiger partial charge in [-0.25, -0.2) is 21.6 Å². The van der Waals surface area contributed by atoms with Crippen LogP contribution in [0.4, 0.5) is 18.9 Å². The molecular weight excluding hydrogens is 381 g/mol. The van der Waals surface area contributed by atoms with Gasteiger partial charge < -0.3 is 5.32 Å². The average Bonchev–Trinajstić information content (AvgIpc) is 2.64. The lowest BCUT2D eigenvalue weighted by Crippen LogP contribution is -2.41. The van der Waals surface area contributed by atoms with E-state index in [-0.39, 0.29) is 36.7 Å². The van der Waals surface area contributed by atoms with E-state index in [1.54, 1.807) is 6.07 Å². The third-order valence-electron chi connectivity index (χ3n) is 4.45. The van der Waals surface area contributed by atoms with E-state index in [0.29, 0.717) is 11.8 Å². The molecule has 1 aliphatic rings. The fraction of sp³-hybridized carbons (Fsp3) is 0.278. The molecule has 0 saturated carbocycles. The second kappa shape index (κ2) is 7.69. The first-order valence-electron chi connectivity index (χ1n) is 8.29. The molecule has 0 atom stereocenters. The van der Waals surface area contributed by atoms with Crippen molar-refractivity contribution in [1.29, 1.82) is 0 Å². The van der Waals surface area contributed by atoms with Crippen LogP contribution in [0.2, 0.25) is 0 Å². The highest BCUT2D eigenvalue weighted by Gasteiger charge is 2.32. The van der Waals surface area contributed by atoms with Crippen molar-refractivity contribution in [2.24, 2.45) is 5.92 Å². The number of anilines is 1. The lowest BCUT2D eigenvalue weighted by molar-refractivity contribution is -0.120. The van der Waals surface area contributed by atoms with E-state index in [4.69, 9.17) is 0 Å². The maximum absolute atomic E-state index is 13.3. The largest absolute Gasteiger partial charge is 0.326 e. The van der Waals surface area contributed by atoms with E-state index in [1.165, 1.54) is 18.2 Å². The first-order chi connectivity index (χ1) is 12.8. The van der Waals surface area contributed by atoms with Crippen LogP contribution in [0.1, 0.15) is 12.8 Å². The summed E-state index contributed by atoms with van der Waals surface area (Å²) in [7, 11) is -3.97. The predicted molar refractivity (Wildman–Crippen MR) is 92.9 cm³/mol. The minimum Gasteiger partial charge on any atom is -0.326 e. The normalized spacial score (nSPS) is 16.3. The van der Waals surface area contributed by atoms with Crippen molar-refractivity contribution in [2.45, 2.75) is 17.7 Å². The Morgan fingerprint density at radius 1 is 1.00 bits per heavy atom. The van der Waals surface area contributed by atoms with Crippen LogP contribution in [0.3, 0.4) is 0 Å². The second-order valence-electron chi connectivity index (χ2n) is 6.25. The highest BCUT2D eigenvalue weighted by atomic mass is 32.2. The van der Waals surface area contributed by atoms with Gasteiger partial charge in [-0.1, -0.05) is 6.07 Å². The highest BCUT2D eigenvalue weighted by molar-refractivity contribution is 7.89. The molecule has 0 aromatic heterocycles. The molecule has 1 saturated heterocycles. The molecule has 2 aromatic rings. The van der Waals surface area contributed by atoms with E-state index in [9.17, 15) is 26.4 Å². The van der Waals surface area contributed by atoms with Crippen LogP contribution >= 0.6 is 0 Å². The molecule has 3 rings (SSSR count). The van der Waals surface area contributed by atoms with E-state index in [0.717, 1.165) is 16.4 Å². The predicted octanol–water partition coefficient (Wildman–Crippen LogP) is 3.14. The Labute approximate surface area is 154 Å². The third kappa shape index (κ3) is 4.30. The van der Waals surface area contributed by atoms with E-state index in [2.05, 4.69) is 5.32 Å². The minimum absolute atomic E-state index is 0.0720. The van der Waals surface area contributed by atoms with Crippen LogP contribution < -0.4 is 5.32 Å². The van der Waals surface area contributed by atoms with Gasteiger partial charge >= 0.3 is 0 Å². The Morgan fingerprint density at radius 2 is 1.70 bits per heavy atom. The van der Waals surface area contributed by atoms with Gasteiger partial charge in [-0.15, -0.1) is 0 Å². The van der Waals surface area contributed by atoms with Gasteiger partial charge in [0.15, 0.2) is 11.6 Å². The molecule has 2 aromatic carbocycles. The summed E-state index contributed by atoms with van der Waals surface area (Å²) in [5, 5.41) is 2.61. The first-order valence-corrected chi connectivity index (χ1v) is 9.73. The number of benzene rings is 2. The fourth-order valence-corrected chi connectivity index (χ4v) is 4.44. The molecule has 5 nitrogen and oxygen atoms in total. The zero-order chi connectivity index (χ0) is 19.6. The molecule has 0 unspecified atom stereocenters. The summed E-state index contributed by atoms with van der Waals surface area (Å²) in [6, 6.07) is 7.91. The number of nitrogens with zero attached hydrogens (tertiary/aromatic N) is 1. The van der Waals surface area contributed by atoms with Crippen molar-refractivity contribution in [1.82, 2.24) is 4.31 Å². The number of hydrogen-bond donors (Lipinski definition) is 1. The van der Waals surface area contributed by atoms with E-state index in [1.807, 2.05) is 0 Å². The van der Waals surface area contributed by atoms with E-state index < -0.39 is 33.4 Å². The Bertz CT molecular complexity index is 958. The lowest BCUT2D eigenvalue weighted by atomic mass is 9.97. The van der Waals surface area contributed by atoms with Crippen molar-refractivity contribution in [3.05, 3.63) is 59.9 Å². The maximum atomic E-state index is 13.3. The Balaban J connectivity index is 1.64. The molecule has 1 N–H and O–H groups in total. The summed E-state index contributed by atoms with van der Waals surface area (Å²) >= 11 is 0. The van der Waals surface area contributed by atoms with Crippen LogP contribution in [-0.4, -0.2) is 31.7 Å². The van der Waals surface area contributed by atoms with Crippen LogP contribution in [0.15, 0.2) is 47.4 Å². The summed E-state index contributed by atoms with van der Waals surface area (Å²) in [5.74, 6) is -3.57. The van der Waals surface area contributed by atoms with Crippen molar-refractivity contribution < 1.29 is 26.4 Å². The Morgan fingerprint density at radius 3 is 2.33 bits per heavy atom. The maximum Gasteiger partial charge on any atom is 0.243 e. The number of rotatable bonds is 4. The standard InChI is InChI=1S/C18H17F3N2O3S/c19-13-2-1-3-14(10-13)22-18(24)12-6-8-23(9-7-12)27(25,26)15-4-5-16(20)17(21)11-15/h1-5,10-12H,6-9H2,(H,22,24). The van der Waals surface area contributed by atoms with Crippen molar-refractivity contribution in [2.75, 3.05) is 18.4 Å². The molecule has 27 heavy (non-hydrogen) atoms. The molecule has 9 heteroatoms. The molecule has 0 aliphatic carbocycles. The van der Waals surface area contributed by atoms with Gasteiger partial charge in [0.25, 0.3) is 0 Å². The summed E-state index contributed by atoms with van der Waals surface area (Å²) in [4.78, 5) is 12.0. The number of amides is 1. The summed E-state index contributed by atoms with van der Waals surface area (Å²) in [5.41, 5.74) is 0.330. The number of nitrogens with one attached hydrogen (secondary N) is 1. The van der Waals surface area contributed by atoms with Gasteiger partial charge in [0, 0.05) is 24.7 Å². The SMILES string of the molecule is O=C(Nc1cccc(F)c1)C1CCN(S(=O)(=O)c2ccc(F)c(F)c2)CC1. The number of piperidine rings is 1. The third-order valence-corrected chi connectivity index (χ3v) is 6.34. The van der Waals surface area contributed by atoms with Crippen molar-refractivity contribution >= 4 is 21.6 Å². The molecule has 1 aliphatic heterocycles. The molecule has 0 radical (unpaired) electrons. The molecule has 1 amide bonds. The smallest absolute Gasteiger partial charge is 0.243 e. The summed E-state index contributed by atoms with van der Waals surface area (Å²) in [6.45, 7) is 0.144. The second-order valence-corrected chi connectivity index (χ2v) is 8.19. The van der Waals surface area contributed by atoms with Gasteiger partial charge in [0.05, 0.1) is 4.90 Å². The Hall–Kier alpha value is -2.39. The number of halogens is 3. The number of carbonyl (C=O) groups excluding carboxylic acids is 1. The van der Waals surface area contributed by atoms with Crippen molar-refractivity contribution in [3.8, 4) is 0 Å². The van der Waals surface area contributed by atoms with Crippen LogP contribution in [0.5, 0.6) is 0 Å². The zero-order valence-corrected chi connectivity index (χ0v) is 15.0.